The van der Waals surface area contributed by atoms with E-state index in [9.17, 15) is 8.42 Å². The van der Waals surface area contributed by atoms with Crippen LogP contribution in [0.3, 0.4) is 0 Å². The summed E-state index contributed by atoms with van der Waals surface area (Å²) in [6.45, 7) is 2.50. The summed E-state index contributed by atoms with van der Waals surface area (Å²) in [5, 5.41) is 0. The number of benzene rings is 1. The monoisotopic (exact) mass is 393 g/mol. The van der Waals surface area contributed by atoms with Gasteiger partial charge in [0.2, 0.25) is 10.0 Å². The molecule has 0 amide bonds. The molecule has 0 saturated carbocycles. The second-order valence-corrected chi connectivity index (χ2v) is 8.18. The number of aryl methyl sites for hydroxylation is 1. The van der Waals surface area contributed by atoms with Crippen LogP contribution in [-0.2, 0) is 10.0 Å². The topological polar surface area (TPSA) is 90.9 Å². The van der Waals surface area contributed by atoms with E-state index >= 15 is 0 Å². The van der Waals surface area contributed by atoms with Gasteiger partial charge in [-0.3, -0.25) is 0 Å². The number of hydrogen-bond acceptors (Lipinski definition) is 7. The maximum Gasteiger partial charge on any atom is 0.278 e. The van der Waals surface area contributed by atoms with Crippen molar-refractivity contribution in [1.29, 1.82) is 0 Å². The van der Waals surface area contributed by atoms with Crippen molar-refractivity contribution in [1.82, 2.24) is 14.3 Å². The van der Waals surface area contributed by atoms with Gasteiger partial charge < -0.3 is 14.2 Å². The Morgan fingerprint density at radius 1 is 1.11 bits per heavy atom. The van der Waals surface area contributed by atoms with E-state index in [2.05, 4.69) is 9.97 Å². The molecule has 1 aromatic carbocycles. The van der Waals surface area contributed by atoms with E-state index in [0.29, 0.717) is 18.7 Å². The molecule has 2 heterocycles. The molecule has 27 heavy (non-hydrogen) atoms. The first-order valence-corrected chi connectivity index (χ1v) is 10.1. The summed E-state index contributed by atoms with van der Waals surface area (Å²) in [6, 6.07) is 5.12. The van der Waals surface area contributed by atoms with Gasteiger partial charge in [0.05, 0.1) is 20.8 Å². The number of hydrogen-bond donors (Lipinski definition) is 0. The molecule has 1 aliphatic rings. The molecule has 1 aromatic heterocycles. The van der Waals surface area contributed by atoms with Gasteiger partial charge in [-0.25, -0.2) is 18.4 Å². The molecular formula is C18H23N3O5S. The third-order valence-electron chi connectivity index (χ3n) is 4.38. The maximum absolute atomic E-state index is 13.2. The van der Waals surface area contributed by atoms with Gasteiger partial charge in [0.1, 0.15) is 16.7 Å². The summed E-state index contributed by atoms with van der Waals surface area (Å²) >= 11 is 0. The molecule has 1 fully saturated rings. The molecule has 1 atom stereocenters. The van der Waals surface area contributed by atoms with Crippen molar-refractivity contribution in [3.05, 3.63) is 36.2 Å². The lowest BCUT2D eigenvalue weighted by molar-refractivity contribution is 0.119. The van der Waals surface area contributed by atoms with E-state index < -0.39 is 10.0 Å². The SMILES string of the molecule is COc1ccc(C)cc1S(=O)(=O)N1CCCC(Oc2nccnc2OC)C1. The van der Waals surface area contributed by atoms with Crippen LogP contribution in [-0.4, -0.2) is 56.1 Å². The highest BCUT2D eigenvalue weighted by Crippen LogP contribution is 2.31. The van der Waals surface area contributed by atoms with Crippen LogP contribution in [0.5, 0.6) is 17.5 Å². The molecular weight excluding hydrogens is 370 g/mol. The number of piperidine rings is 1. The standard InChI is InChI=1S/C18H23N3O5S/c1-13-6-7-15(24-2)16(11-13)27(22,23)21-10-4-5-14(12-21)26-18-17(25-3)19-8-9-20-18/h6-9,11,14H,4-5,10,12H2,1-3H3. The number of rotatable bonds is 6. The fraction of sp³-hybridized carbons (Fsp3) is 0.444. The first-order valence-electron chi connectivity index (χ1n) is 8.62. The van der Waals surface area contributed by atoms with Crippen LogP contribution in [0, 0.1) is 6.92 Å². The molecule has 0 spiro atoms. The lowest BCUT2D eigenvalue weighted by Gasteiger charge is -2.32. The maximum atomic E-state index is 13.2. The average molecular weight is 393 g/mol. The van der Waals surface area contributed by atoms with Gasteiger partial charge in [-0.1, -0.05) is 6.07 Å². The Balaban J connectivity index is 1.82. The molecule has 0 radical (unpaired) electrons. The molecule has 146 valence electrons. The third kappa shape index (κ3) is 4.14. The Bertz CT molecular complexity index is 904. The minimum atomic E-state index is -3.71. The highest BCUT2D eigenvalue weighted by molar-refractivity contribution is 7.89. The van der Waals surface area contributed by atoms with Crippen LogP contribution in [0.4, 0.5) is 0 Å². The lowest BCUT2D eigenvalue weighted by atomic mass is 10.1. The van der Waals surface area contributed by atoms with Crippen molar-refractivity contribution in [2.45, 2.75) is 30.8 Å². The molecule has 1 saturated heterocycles. The lowest BCUT2D eigenvalue weighted by Crippen LogP contribution is -2.44. The van der Waals surface area contributed by atoms with Gasteiger partial charge in [0.15, 0.2) is 0 Å². The predicted octanol–water partition coefficient (Wildman–Crippen LogP) is 2.03. The summed E-state index contributed by atoms with van der Waals surface area (Å²) in [5.74, 6) is 0.870. The molecule has 9 heteroatoms. The second kappa shape index (κ2) is 8.10. The van der Waals surface area contributed by atoms with Crippen LogP contribution in [0.15, 0.2) is 35.5 Å². The first kappa shape index (κ1) is 19.4. The smallest absolute Gasteiger partial charge is 0.278 e. The Morgan fingerprint density at radius 2 is 1.85 bits per heavy atom. The quantitative estimate of drug-likeness (QED) is 0.742. The van der Waals surface area contributed by atoms with Gasteiger partial charge in [-0.15, -0.1) is 0 Å². The number of ether oxygens (including phenoxy) is 3. The highest BCUT2D eigenvalue weighted by atomic mass is 32.2. The zero-order valence-electron chi connectivity index (χ0n) is 15.6. The second-order valence-electron chi connectivity index (χ2n) is 6.27. The summed E-state index contributed by atoms with van der Waals surface area (Å²) in [6.07, 6.45) is 4.08. The van der Waals surface area contributed by atoms with Crippen LogP contribution in [0.2, 0.25) is 0 Å². The predicted molar refractivity (Wildman–Crippen MR) is 98.7 cm³/mol. The molecule has 3 rings (SSSR count). The molecule has 2 aromatic rings. The normalized spacial score (nSPS) is 18.1. The van der Waals surface area contributed by atoms with E-state index in [1.165, 1.54) is 30.9 Å². The van der Waals surface area contributed by atoms with Crippen molar-refractivity contribution in [2.75, 3.05) is 27.3 Å². The zero-order valence-corrected chi connectivity index (χ0v) is 16.4. The third-order valence-corrected chi connectivity index (χ3v) is 6.27. The van der Waals surface area contributed by atoms with Crippen LogP contribution in [0.25, 0.3) is 0 Å². The van der Waals surface area contributed by atoms with E-state index in [1.54, 1.807) is 12.1 Å². The van der Waals surface area contributed by atoms with Gasteiger partial charge in [0, 0.05) is 18.9 Å². The number of aromatic nitrogens is 2. The Hall–Kier alpha value is -2.39. The zero-order chi connectivity index (χ0) is 19.4. The number of nitrogens with zero attached hydrogens (tertiary/aromatic N) is 3. The van der Waals surface area contributed by atoms with Crippen molar-refractivity contribution >= 4 is 10.0 Å². The van der Waals surface area contributed by atoms with Crippen molar-refractivity contribution in [2.24, 2.45) is 0 Å². The van der Waals surface area contributed by atoms with E-state index in [4.69, 9.17) is 14.2 Å². The van der Waals surface area contributed by atoms with Crippen LogP contribution < -0.4 is 14.2 Å². The van der Waals surface area contributed by atoms with Crippen molar-refractivity contribution in [3.63, 3.8) is 0 Å². The molecule has 0 bridgehead atoms. The minimum Gasteiger partial charge on any atom is -0.495 e. The van der Waals surface area contributed by atoms with E-state index in [1.807, 2.05) is 13.0 Å². The van der Waals surface area contributed by atoms with Gasteiger partial charge in [-0.2, -0.15) is 4.31 Å². The molecule has 1 aliphatic heterocycles. The Kier molecular flexibility index (Phi) is 5.81. The number of sulfonamides is 1. The van der Waals surface area contributed by atoms with Crippen LogP contribution in [0.1, 0.15) is 18.4 Å². The summed E-state index contributed by atoms with van der Waals surface area (Å²) in [7, 11) is -0.758. The summed E-state index contributed by atoms with van der Waals surface area (Å²) in [5.41, 5.74) is 0.850. The largest absolute Gasteiger partial charge is 0.495 e. The first-order chi connectivity index (χ1) is 13.0. The minimum absolute atomic E-state index is 0.169. The highest BCUT2D eigenvalue weighted by Gasteiger charge is 2.33. The molecule has 1 unspecified atom stereocenters. The van der Waals surface area contributed by atoms with Gasteiger partial charge >= 0.3 is 0 Å². The van der Waals surface area contributed by atoms with E-state index in [-0.39, 0.29) is 29.3 Å². The summed E-state index contributed by atoms with van der Waals surface area (Å²) in [4.78, 5) is 8.35. The fourth-order valence-electron chi connectivity index (χ4n) is 3.04. The Morgan fingerprint density at radius 3 is 2.56 bits per heavy atom. The summed E-state index contributed by atoms with van der Waals surface area (Å²) < 4.78 is 44.1. The molecule has 0 N–H and O–H groups in total. The Labute approximate surface area is 159 Å². The van der Waals surface area contributed by atoms with Crippen LogP contribution >= 0.6 is 0 Å². The molecule has 0 aliphatic carbocycles. The van der Waals surface area contributed by atoms with Crippen molar-refractivity contribution < 1.29 is 22.6 Å². The molecule has 8 nitrogen and oxygen atoms in total. The van der Waals surface area contributed by atoms with Gasteiger partial charge in [-0.05, 0) is 37.5 Å². The fourth-order valence-corrected chi connectivity index (χ4v) is 4.79. The average Bonchev–Trinajstić information content (AvgIpc) is 2.68. The van der Waals surface area contributed by atoms with Crippen molar-refractivity contribution in [3.8, 4) is 17.5 Å². The van der Waals surface area contributed by atoms with E-state index in [0.717, 1.165) is 12.0 Å². The number of methoxy groups -OCH3 is 2. The van der Waals surface area contributed by atoms with Gasteiger partial charge in [0.25, 0.3) is 11.8 Å².